The monoisotopic (exact) mass is 427 g/mol. The van der Waals surface area contributed by atoms with Gasteiger partial charge in [0.1, 0.15) is 5.75 Å². The van der Waals surface area contributed by atoms with Crippen LogP contribution in [0.25, 0.3) is 0 Å². The zero-order valence-electron chi connectivity index (χ0n) is 16.6. The number of amides is 1. The molecular weight excluding hydrogens is 406 g/mol. The van der Waals surface area contributed by atoms with Crippen molar-refractivity contribution in [2.75, 3.05) is 18.5 Å². The molecule has 0 aliphatic carbocycles. The molecule has 0 saturated heterocycles. The van der Waals surface area contributed by atoms with Gasteiger partial charge in [-0.2, -0.15) is 0 Å². The Kier molecular flexibility index (Phi) is 7.34. The summed E-state index contributed by atoms with van der Waals surface area (Å²) in [5.74, 6) is 0.760. The smallest absolute Gasteiger partial charge is 0.264 e. The lowest BCUT2D eigenvalue weighted by molar-refractivity contribution is -0.121. The summed E-state index contributed by atoms with van der Waals surface area (Å²) in [6.45, 7) is 3.98. The third-order valence-electron chi connectivity index (χ3n) is 3.86. The Morgan fingerprint density at radius 2 is 1.93 bits per heavy atom. The van der Waals surface area contributed by atoms with Crippen molar-refractivity contribution in [3.05, 3.63) is 65.0 Å². The van der Waals surface area contributed by atoms with Crippen LogP contribution in [0.1, 0.15) is 17.1 Å². The number of benzene rings is 1. The second-order valence-corrected chi connectivity index (χ2v) is 6.88. The molecule has 3 rings (SSSR count). The number of hydrogen-bond acceptors (Lipinski definition) is 6. The number of anilines is 1. The number of imidazole rings is 1. The first-order valence-electron chi connectivity index (χ1n) is 9.27. The molecule has 10 heteroatoms. The normalized spacial score (nSPS) is 11.2. The molecule has 0 saturated carbocycles. The highest BCUT2D eigenvalue weighted by Crippen LogP contribution is 2.15. The van der Waals surface area contributed by atoms with Gasteiger partial charge in [0, 0.05) is 41.3 Å². The van der Waals surface area contributed by atoms with Crippen molar-refractivity contribution in [3.63, 3.8) is 0 Å². The third kappa shape index (κ3) is 6.85. The molecule has 0 aliphatic heterocycles. The van der Waals surface area contributed by atoms with E-state index in [0.29, 0.717) is 29.7 Å². The molecule has 0 radical (unpaired) electrons. The average molecular weight is 428 g/mol. The lowest BCUT2D eigenvalue weighted by atomic mass is 10.3. The minimum absolute atomic E-state index is 0.184. The van der Waals surface area contributed by atoms with Crippen LogP contribution in [-0.2, 0) is 11.2 Å². The van der Waals surface area contributed by atoms with Crippen molar-refractivity contribution in [3.8, 4) is 5.75 Å². The molecule has 1 amide bonds. The number of rotatable bonds is 7. The van der Waals surface area contributed by atoms with Crippen LogP contribution in [0.3, 0.4) is 0 Å². The fraction of sp³-hybridized carbons (Fsp3) is 0.250. The number of aryl methyl sites for hydroxylation is 2. The van der Waals surface area contributed by atoms with E-state index in [1.807, 2.05) is 19.9 Å². The summed E-state index contributed by atoms with van der Waals surface area (Å²) >= 11 is 5.85. The van der Waals surface area contributed by atoms with Gasteiger partial charge in [0.05, 0.1) is 6.33 Å². The Morgan fingerprint density at radius 3 is 2.60 bits per heavy atom. The fourth-order valence-corrected chi connectivity index (χ4v) is 2.68. The number of aromatic amines is 1. The van der Waals surface area contributed by atoms with Crippen LogP contribution in [0, 0.1) is 13.8 Å². The van der Waals surface area contributed by atoms with Crippen molar-refractivity contribution in [1.29, 1.82) is 0 Å². The summed E-state index contributed by atoms with van der Waals surface area (Å²) in [7, 11) is 0. The summed E-state index contributed by atoms with van der Waals surface area (Å²) in [6.07, 6.45) is 3.97. The van der Waals surface area contributed by atoms with Gasteiger partial charge in [0.2, 0.25) is 11.9 Å². The maximum absolute atomic E-state index is 12.4. The molecule has 0 fully saturated rings. The highest BCUT2D eigenvalue weighted by Gasteiger charge is 2.10. The van der Waals surface area contributed by atoms with E-state index in [2.05, 4.69) is 35.6 Å². The van der Waals surface area contributed by atoms with E-state index in [0.717, 1.165) is 17.1 Å². The molecular formula is C20H22ClN7O2. The SMILES string of the molecule is Cc1cc(C)nc(NC(=NCCc2cnc[nH]2)NC(=O)COc2ccc(Cl)cc2)n1. The Bertz CT molecular complexity index is 984. The van der Waals surface area contributed by atoms with Gasteiger partial charge in [-0.3, -0.25) is 20.4 Å². The number of carbonyl (C=O) groups is 1. The first kappa shape index (κ1) is 21.3. The van der Waals surface area contributed by atoms with Crippen molar-refractivity contribution < 1.29 is 9.53 Å². The molecule has 0 atom stereocenters. The van der Waals surface area contributed by atoms with E-state index >= 15 is 0 Å². The number of halogens is 1. The number of aliphatic imine (C=N–C) groups is 1. The number of ether oxygens (including phenoxy) is 1. The number of carbonyl (C=O) groups excluding carboxylic acids is 1. The van der Waals surface area contributed by atoms with E-state index in [-0.39, 0.29) is 18.5 Å². The van der Waals surface area contributed by atoms with E-state index in [1.54, 1.807) is 36.8 Å². The van der Waals surface area contributed by atoms with Gasteiger partial charge < -0.3 is 9.72 Å². The van der Waals surface area contributed by atoms with Crippen LogP contribution in [0.2, 0.25) is 5.02 Å². The number of nitrogens with zero attached hydrogens (tertiary/aromatic N) is 4. The predicted molar refractivity (Wildman–Crippen MR) is 115 cm³/mol. The minimum Gasteiger partial charge on any atom is -0.484 e. The summed E-state index contributed by atoms with van der Waals surface area (Å²) in [5.41, 5.74) is 2.55. The highest BCUT2D eigenvalue weighted by molar-refractivity contribution is 6.30. The molecule has 2 heterocycles. The van der Waals surface area contributed by atoms with E-state index < -0.39 is 0 Å². The van der Waals surface area contributed by atoms with Crippen LogP contribution in [-0.4, -0.2) is 45.0 Å². The molecule has 0 bridgehead atoms. The second kappa shape index (κ2) is 10.4. The molecule has 0 unspecified atom stereocenters. The van der Waals surface area contributed by atoms with Gasteiger partial charge in [-0.1, -0.05) is 11.6 Å². The molecule has 3 N–H and O–H groups in total. The highest BCUT2D eigenvalue weighted by atomic mass is 35.5. The van der Waals surface area contributed by atoms with Gasteiger partial charge in [0.25, 0.3) is 5.91 Å². The van der Waals surface area contributed by atoms with Crippen molar-refractivity contribution >= 4 is 29.4 Å². The van der Waals surface area contributed by atoms with E-state index in [9.17, 15) is 4.79 Å². The molecule has 9 nitrogen and oxygen atoms in total. The minimum atomic E-state index is -0.373. The average Bonchev–Trinajstić information content (AvgIpc) is 3.20. The van der Waals surface area contributed by atoms with E-state index in [1.165, 1.54) is 0 Å². The number of aromatic nitrogens is 4. The van der Waals surface area contributed by atoms with Gasteiger partial charge in [-0.05, 0) is 44.2 Å². The van der Waals surface area contributed by atoms with Crippen LogP contribution >= 0.6 is 11.6 Å². The first-order chi connectivity index (χ1) is 14.5. The Balaban J connectivity index is 1.64. The van der Waals surface area contributed by atoms with Gasteiger partial charge in [-0.15, -0.1) is 0 Å². The van der Waals surface area contributed by atoms with Crippen LogP contribution in [0.4, 0.5) is 5.95 Å². The largest absolute Gasteiger partial charge is 0.484 e. The van der Waals surface area contributed by atoms with Crippen molar-refractivity contribution in [2.24, 2.45) is 4.99 Å². The summed E-state index contributed by atoms with van der Waals surface area (Å²) in [6, 6.07) is 8.62. The molecule has 1 aromatic carbocycles. The van der Waals surface area contributed by atoms with Crippen LogP contribution < -0.4 is 15.4 Å². The van der Waals surface area contributed by atoms with E-state index in [4.69, 9.17) is 16.3 Å². The number of H-pyrrole nitrogens is 1. The lowest BCUT2D eigenvalue weighted by Gasteiger charge is -2.12. The molecule has 2 aromatic heterocycles. The standard InChI is InChI=1S/C20H22ClN7O2/c1-13-9-14(2)26-20(25-13)28-19(23-8-7-16-10-22-12-24-16)27-18(29)11-30-17-5-3-15(21)4-6-17/h3-6,9-10,12H,7-8,11H2,1-2H3,(H,22,24)(H2,23,25,26,27,28,29). The van der Waals surface area contributed by atoms with Gasteiger partial charge >= 0.3 is 0 Å². The first-order valence-corrected chi connectivity index (χ1v) is 9.65. The van der Waals surface area contributed by atoms with Crippen LogP contribution in [0.5, 0.6) is 5.75 Å². The number of hydrogen-bond donors (Lipinski definition) is 3. The number of guanidine groups is 1. The lowest BCUT2D eigenvalue weighted by Crippen LogP contribution is -2.39. The second-order valence-electron chi connectivity index (χ2n) is 6.45. The fourth-order valence-electron chi connectivity index (χ4n) is 2.56. The summed E-state index contributed by atoms with van der Waals surface area (Å²) in [5, 5.41) is 6.28. The maximum atomic E-state index is 12.4. The summed E-state index contributed by atoms with van der Waals surface area (Å²) < 4.78 is 5.48. The quantitative estimate of drug-likeness (QED) is 0.394. The predicted octanol–water partition coefficient (Wildman–Crippen LogP) is 2.68. The molecule has 0 aliphatic rings. The molecule has 3 aromatic rings. The Labute approximate surface area is 179 Å². The number of nitrogens with one attached hydrogen (secondary N) is 3. The van der Waals surface area contributed by atoms with Gasteiger partial charge in [-0.25, -0.2) is 15.0 Å². The van der Waals surface area contributed by atoms with Gasteiger partial charge in [0.15, 0.2) is 6.61 Å². The topological polar surface area (TPSA) is 117 Å². The Morgan fingerprint density at radius 1 is 1.20 bits per heavy atom. The zero-order chi connectivity index (χ0) is 21.3. The maximum Gasteiger partial charge on any atom is 0.264 e. The third-order valence-corrected chi connectivity index (χ3v) is 4.11. The molecule has 30 heavy (non-hydrogen) atoms. The van der Waals surface area contributed by atoms with Crippen molar-refractivity contribution in [1.82, 2.24) is 25.3 Å². The Hall–Kier alpha value is -3.46. The van der Waals surface area contributed by atoms with Crippen LogP contribution in [0.15, 0.2) is 47.8 Å². The zero-order valence-corrected chi connectivity index (χ0v) is 17.4. The molecule has 156 valence electrons. The molecule has 0 spiro atoms. The van der Waals surface area contributed by atoms with Crippen molar-refractivity contribution in [2.45, 2.75) is 20.3 Å². The summed E-state index contributed by atoms with van der Waals surface area (Å²) in [4.78, 5) is 32.5.